The minimum atomic E-state index is -1.19. The summed E-state index contributed by atoms with van der Waals surface area (Å²) >= 11 is 24.4. The summed E-state index contributed by atoms with van der Waals surface area (Å²) in [5.41, 5.74) is 0. The summed E-state index contributed by atoms with van der Waals surface area (Å²) in [7, 11) is -1.19. The molecule has 0 atom stereocenters. The summed E-state index contributed by atoms with van der Waals surface area (Å²) < 4.78 is 6.68. The van der Waals surface area contributed by atoms with Crippen LogP contribution in [0.2, 0.25) is 0 Å². The molecule has 0 radical (unpaired) electrons. The summed E-state index contributed by atoms with van der Waals surface area (Å²) in [4.78, 5) is 0. The van der Waals surface area contributed by atoms with Crippen molar-refractivity contribution in [1.82, 2.24) is 0 Å². The average Bonchev–Trinajstić information content (AvgIpc) is 1.80. The zero-order chi connectivity index (χ0) is 10.2. The Morgan fingerprint density at radius 3 is 1.75 bits per heavy atom. The molecule has 7 heteroatoms. The fourth-order valence-corrected chi connectivity index (χ4v) is 0.778. The zero-order valence-corrected chi connectivity index (χ0v) is 11.1. The van der Waals surface area contributed by atoms with E-state index in [1.807, 2.05) is 0 Å². The van der Waals surface area contributed by atoms with Crippen molar-refractivity contribution in [3.8, 4) is 0 Å². The largest absolute Gasteiger partial charge is 0.481 e. The van der Waals surface area contributed by atoms with Gasteiger partial charge in [0.05, 0.1) is 0 Å². The van der Waals surface area contributed by atoms with Crippen molar-refractivity contribution in [2.45, 2.75) is 30.0 Å². The first-order chi connectivity index (χ1) is 5.29. The van der Waals surface area contributed by atoms with E-state index in [1.165, 1.54) is 0 Å². The van der Waals surface area contributed by atoms with Crippen LogP contribution in [0.1, 0.15) is 26.2 Å². The van der Waals surface area contributed by atoms with Gasteiger partial charge < -0.3 is 4.55 Å². The lowest BCUT2D eigenvalue weighted by Gasteiger charge is -2.07. The normalized spacial score (nSPS) is 10.8. The van der Waals surface area contributed by atoms with Gasteiger partial charge in [-0.15, -0.1) is 0 Å². The summed E-state index contributed by atoms with van der Waals surface area (Å²) in [5.74, 6) is 0. The Bertz CT molecular complexity index is 156. The molecule has 0 aromatic rings. The molecule has 0 rings (SSSR count). The van der Waals surface area contributed by atoms with Crippen LogP contribution < -0.4 is 0 Å². The minimum absolute atomic E-state index is 0.661. The lowest BCUT2D eigenvalue weighted by molar-refractivity contribution is 0.671. The van der Waals surface area contributed by atoms with Crippen LogP contribution in [0, 0.1) is 0 Å². The number of rotatable bonds is 2. The van der Waals surface area contributed by atoms with Gasteiger partial charge in [0.2, 0.25) is 0 Å². The van der Waals surface area contributed by atoms with Crippen molar-refractivity contribution in [2.75, 3.05) is 0 Å². The van der Waals surface area contributed by atoms with Crippen LogP contribution in [0.5, 0.6) is 0 Å². The van der Waals surface area contributed by atoms with E-state index >= 15 is 0 Å². The van der Waals surface area contributed by atoms with Crippen LogP contribution in [0.25, 0.3) is 0 Å². The van der Waals surface area contributed by atoms with Gasteiger partial charge in [0, 0.05) is 0 Å². The van der Waals surface area contributed by atoms with Gasteiger partial charge in [-0.05, 0) is 12.8 Å². The maximum absolute atomic E-state index is 7.71. The van der Waals surface area contributed by atoms with E-state index in [4.69, 9.17) is 39.4 Å². The van der Waals surface area contributed by atoms with Gasteiger partial charge in [-0.1, -0.05) is 48.1 Å². The molecule has 0 amide bonds. The maximum Gasteiger partial charge on any atom is 0.190 e. The fourth-order valence-electron chi connectivity index (χ4n) is 0.377. The average molecular weight is 289 g/mol. The van der Waals surface area contributed by atoms with Crippen LogP contribution in [0.3, 0.4) is 0 Å². The number of unbranched alkanes of at least 4 members (excludes halogenated alkanes) is 1. The molecule has 0 aromatic carbocycles. The van der Waals surface area contributed by atoms with Crippen LogP contribution in [0.15, 0.2) is 0 Å². The highest BCUT2D eigenvalue weighted by Gasteiger charge is 2.17. The monoisotopic (exact) mass is 287 g/mol. The predicted octanol–water partition coefficient (Wildman–Crippen LogP) is 3.55. The second-order valence-corrected chi connectivity index (χ2v) is 7.41. The Hall–Kier alpha value is 1.62. The smallest absolute Gasteiger partial charge is 0.190 e. The second-order valence-electron chi connectivity index (χ2n) is 1.94. The lowest BCUT2D eigenvalue weighted by Crippen LogP contribution is -1.99. The molecule has 0 aliphatic carbocycles. The summed E-state index contributed by atoms with van der Waals surface area (Å²) in [6.07, 6.45) is 2.72. The summed E-state index contributed by atoms with van der Waals surface area (Å²) in [5, 5.41) is 0. The second kappa shape index (κ2) is 9.19. The molecule has 0 spiro atoms. The van der Waals surface area contributed by atoms with Crippen molar-refractivity contribution in [3.05, 3.63) is 0 Å². The maximum atomic E-state index is 7.71. The number of hydrogen-bond acceptors (Lipinski definition) is 3. The van der Waals surface area contributed by atoms with E-state index in [-0.39, 0.29) is 0 Å². The SMILES string of the molecule is CCCCC(Cl)(Cl)Cl.O[S-](=S)=S. The van der Waals surface area contributed by atoms with E-state index in [0.717, 1.165) is 12.8 Å². The molecule has 1 N–H and O–H groups in total. The van der Waals surface area contributed by atoms with E-state index in [0.29, 0.717) is 6.42 Å². The molecule has 0 bridgehead atoms. The van der Waals surface area contributed by atoms with Gasteiger partial charge in [-0.25, -0.2) is 30.7 Å². The Morgan fingerprint density at radius 1 is 1.33 bits per heavy atom. The molecule has 0 saturated heterocycles. The molecule has 0 heterocycles. The van der Waals surface area contributed by atoms with Gasteiger partial charge in [-0.3, -0.25) is 0 Å². The molecule has 12 heavy (non-hydrogen) atoms. The first kappa shape index (κ1) is 16.1. The van der Waals surface area contributed by atoms with Gasteiger partial charge >= 0.3 is 0 Å². The molecule has 1 nitrogen and oxygen atoms in total. The first-order valence-corrected chi connectivity index (χ1v) is 7.31. The minimum Gasteiger partial charge on any atom is -0.481 e. The van der Waals surface area contributed by atoms with Gasteiger partial charge in [0.1, 0.15) is 0 Å². The standard InChI is InChI=1S/C5H9Cl3.HOS3/c1-2-3-4-5(6,7)8;1-4(2)3/h2-4H2,1H3;(H,1,2,3)/q;-1. The Kier molecular flexibility index (Phi) is 12.3. The Balaban J connectivity index is 0. The topological polar surface area (TPSA) is 20.2 Å². The third-order valence-electron chi connectivity index (χ3n) is 0.814. The first-order valence-electron chi connectivity index (χ1n) is 3.14. The molecule has 0 aliphatic rings. The van der Waals surface area contributed by atoms with Crippen molar-refractivity contribution in [2.24, 2.45) is 0 Å². The molecular formula is C5H10Cl3OS3-. The van der Waals surface area contributed by atoms with Crippen molar-refractivity contribution in [3.63, 3.8) is 0 Å². The van der Waals surface area contributed by atoms with E-state index in [9.17, 15) is 0 Å². The van der Waals surface area contributed by atoms with Gasteiger partial charge in [0.15, 0.2) is 3.79 Å². The van der Waals surface area contributed by atoms with E-state index in [2.05, 4.69) is 29.3 Å². The lowest BCUT2D eigenvalue weighted by atomic mass is 10.3. The van der Waals surface area contributed by atoms with E-state index in [1.54, 1.807) is 0 Å². The fraction of sp³-hybridized carbons (Fsp3) is 1.00. The van der Waals surface area contributed by atoms with Crippen molar-refractivity contribution < 1.29 is 4.55 Å². The molecule has 0 unspecified atom stereocenters. The Morgan fingerprint density at radius 2 is 1.67 bits per heavy atom. The molecule has 0 aromatic heterocycles. The highest BCUT2D eigenvalue weighted by Crippen LogP contribution is 2.31. The number of halogens is 3. The number of alkyl halides is 3. The van der Waals surface area contributed by atoms with Gasteiger partial charge in [-0.2, -0.15) is 0 Å². The van der Waals surface area contributed by atoms with Crippen LogP contribution in [0.4, 0.5) is 0 Å². The molecule has 76 valence electrons. The molecular weight excluding hydrogens is 279 g/mol. The summed E-state index contributed by atoms with van der Waals surface area (Å²) in [6.45, 7) is 2.07. The molecule has 0 aliphatic heterocycles. The quantitative estimate of drug-likeness (QED) is 0.620. The third kappa shape index (κ3) is 29.9. The third-order valence-corrected chi connectivity index (χ3v) is 1.38. The molecule has 0 fully saturated rings. The van der Waals surface area contributed by atoms with Crippen molar-refractivity contribution >= 4 is 65.5 Å². The van der Waals surface area contributed by atoms with E-state index < -0.39 is 12.1 Å². The van der Waals surface area contributed by atoms with Crippen LogP contribution >= 0.6 is 34.8 Å². The number of hydrogen-bond donors (Lipinski definition) is 1. The van der Waals surface area contributed by atoms with Crippen LogP contribution in [-0.4, -0.2) is 8.35 Å². The Labute approximate surface area is 99.4 Å². The highest BCUT2D eigenvalue weighted by molar-refractivity contribution is 8.43. The van der Waals surface area contributed by atoms with Crippen LogP contribution in [-0.2, 0) is 30.7 Å². The van der Waals surface area contributed by atoms with Gasteiger partial charge in [0.25, 0.3) is 0 Å². The molecule has 0 saturated carbocycles. The highest BCUT2D eigenvalue weighted by atomic mass is 35.6. The summed E-state index contributed by atoms with van der Waals surface area (Å²) in [6, 6.07) is 0. The van der Waals surface area contributed by atoms with Crippen molar-refractivity contribution in [1.29, 1.82) is 0 Å². The predicted molar refractivity (Wildman–Crippen MR) is 64.5 cm³/mol. The zero-order valence-electron chi connectivity index (χ0n) is 6.43.